The second-order valence-electron chi connectivity index (χ2n) is 14.4. The summed E-state index contributed by atoms with van der Waals surface area (Å²) < 4.78 is 0. The van der Waals surface area contributed by atoms with Crippen molar-refractivity contribution in [3.8, 4) is 56.3 Å². The van der Waals surface area contributed by atoms with Crippen molar-refractivity contribution in [3.63, 3.8) is 0 Å². The number of para-hydroxylation sites is 1. The molecular weight excluding hydrogens is 679 g/mol. The fraction of sp³-hybridized carbons (Fsp3) is 0. The molecule has 0 aliphatic rings. The van der Waals surface area contributed by atoms with E-state index in [0.717, 1.165) is 66.8 Å². The smallest absolute Gasteiger partial charge is 0.160 e. The van der Waals surface area contributed by atoms with Gasteiger partial charge >= 0.3 is 0 Å². The lowest BCUT2D eigenvalue weighted by Crippen LogP contribution is -1.96. The molecule has 0 saturated carbocycles. The van der Waals surface area contributed by atoms with Crippen molar-refractivity contribution in [1.29, 1.82) is 0 Å². The van der Waals surface area contributed by atoms with Crippen molar-refractivity contribution >= 4 is 54.0 Å². The van der Waals surface area contributed by atoms with Gasteiger partial charge in [-0.3, -0.25) is 0 Å². The van der Waals surface area contributed by atoms with Gasteiger partial charge < -0.3 is 0 Å². The normalized spacial score (nSPS) is 11.6. The third-order valence-electron chi connectivity index (χ3n) is 11.0. The van der Waals surface area contributed by atoms with Gasteiger partial charge in [0, 0.05) is 38.4 Å². The highest BCUT2D eigenvalue weighted by Gasteiger charge is 2.15. The van der Waals surface area contributed by atoms with Gasteiger partial charge in [-0.2, -0.15) is 0 Å². The summed E-state index contributed by atoms with van der Waals surface area (Å²) in [6.45, 7) is 0. The Labute approximate surface area is 324 Å². The Bertz CT molecular complexity index is 3200. The van der Waals surface area contributed by atoms with Crippen LogP contribution in [0.5, 0.6) is 0 Å². The van der Waals surface area contributed by atoms with Gasteiger partial charge in [0.2, 0.25) is 0 Å². The van der Waals surface area contributed by atoms with Crippen LogP contribution in [0.3, 0.4) is 0 Å². The zero-order valence-electron chi connectivity index (χ0n) is 30.4. The summed E-state index contributed by atoms with van der Waals surface area (Å²) in [6, 6.07) is 71.0. The van der Waals surface area contributed by atoms with Crippen molar-refractivity contribution in [2.24, 2.45) is 0 Å². The van der Waals surface area contributed by atoms with Crippen LogP contribution in [-0.2, 0) is 0 Å². The third kappa shape index (κ3) is 5.57. The van der Waals surface area contributed by atoms with Crippen LogP contribution in [0.1, 0.15) is 0 Å². The molecule has 2 heterocycles. The van der Waals surface area contributed by atoms with Gasteiger partial charge in [0.05, 0.1) is 22.6 Å². The Balaban J connectivity index is 1.01. The predicted octanol–water partition coefficient (Wildman–Crippen LogP) is 14.0. The molecule has 260 valence electrons. The van der Waals surface area contributed by atoms with Crippen LogP contribution in [0, 0.1) is 0 Å². The third-order valence-corrected chi connectivity index (χ3v) is 11.0. The van der Waals surface area contributed by atoms with Gasteiger partial charge in [-0.15, -0.1) is 0 Å². The van der Waals surface area contributed by atoms with E-state index in [9.17, 15) is 0 Å². The van der Waals surface area contributed by atoms with Crippen LogP contribution in [0.25, 0.3) is 110 Å². The minimum atomic E-state index is 0.705. The molecule has 0 fully saturated rings. The fourth-order valence-corrected chi connectivity index (χ4v) is 8.17. The highest BCUT2D eigenvalue weighted by Crippen LogP contribution is 2.38. The van der Waals surface area contributed by atoms with Gasteiger partial charge in [0.1, 0.15) is 0 Å². The first kappa shape index (κ1) is 32.0. The van der Waals surface area contributed by atoms with E-state index in [1.165, 1.54) is 37.7 Å². The standard InChI is InChI=1S/C53H33N3/c1-3-13-39-30-42(26-22-34(39)10-1)50-33-49(55-53(56-50)44-27-23-35-11-2-4-14-40(35)32-44)38-24-20-36(21-25-38)41-15-9-16-43(31-41)52-47-29-28-37-12-5-6-17-45(37)51(47)46-18-7-8-19-48(46)54-52/h1-33H. The average Bonchev–Trinajstić information content (AvgIpc) is 3.28. The van der Waals surface area contributed by atoms with Crippen molar-refractivity contribution in [2.45, 2.75) is 0 Å². The van der Waals surface area contributed by atoms with Crippen molar-refractivity contribution in [1.82, 2.24) is 15.0 Å². The number of nitrogens with zero attached hydrogens (tertiary/aromatic N) is 3. The van der Waals surface area contributed by atoms with Gasteiger partial charge in [-0.25, -0.2) is 15.0 Å². The maximum atomic E-state index is 5.25. The first-order chi connectivity index (χ1) is 27.7. The van der Waals surface area contributed by atoms with Gasteiger partial charge in [-0.1, -0.05) is 170 Å². The monoisotopic (exact) mass is 711 g/mol. The Morgan fingerprint density at radius 2 is 0.821 bits per heavy atom. The lowest BCUT2D eigenvalue weighted by molar-refractivity contribution is 1.18. The first-order valence-corrected chi connectivity index (χ1v) is 19.0. The van der Waals surface area contributed by atoms with E-state index in [4.69, 9.17) is 15.0 Å². The van der Waals surface area contributed by atoms with Crippen molar-refractivity contribution < 1.29 is 0 Å². The largest absolute Gasteiger partial charge is 0.247 e. The van der Waals surface area contributed by atoms with Crippen LogP contribution < -0.4 is 0 Å². The minimum absolute atomic E-state index is 0.705. The molecule has 0 radical (unpaired) electrons. The predicted molar refractivity (Wildman–Crippen MR) is 235 cm³/mol. The van der Waals surface area contributed by atoms with E-state index in [1.54, 1.807) is 0 Å². The SMILES string of the molecule is c1cc(-c2ccc(-c3cc(-c4ccc5ccccc5c4)nc(-c4ccc5ccccc5c4)n3)cc2)cc(-c2nc3ccccc3c3c2ccc2ccccc23)c1. The zero-order valence-corrected chi connectivity index (χ0v) is 30.4. The molecule has 3 nitrogen and oxygen atoms in total. The summed E-state index contributed by atoms with van der Waals surface area (Å²) in [4.78, 5) is 15.6. The summed E-state index contributed by atoms with van der Waals surface area (Å²) in [5.74, 6) is 0.705. The topological polar surface area (TPSA) is 38.7 Å². The second-order valence-corrected chi connectivity index (χ2v) is 14.4. The number of pyridine rings is 1. The Morgan fingerprint density at radius 3 is 1.59 bits per heavy atom. The molecule has 0 N–H and O–H groups in total. The van der Waals surface area contributed by atoms with E-state index in [-0.39, 0.29) is 0 Å². The molecule has 9 aromatic carbocycles. The molecule has 3 heteroatoms. The highest BCUT2D eigenvalue weighted by molar-refractivity contribution is 6.22. The number of hydrogen-bond acceptors (Lipinski definition) is 3. The second kappa shape index (κ2) is 13.1. The van der Waals surface area contributed by atoms with Crippen LogP contribution in [0.15, 0.2) is 200 Å². The summed E-state index contributed by atoms with van der Waals surface area (Å²) in [7, 11) is 0. The van der Waals surface area contributed by atoms with Crippen LogP contribution in [-0.4, -0.2) is 15.0 Å². The van der Waals surface area contributed by atoms with E-state index < -0.39 is 0 Å². The van der Waals surface area contributed by atoms with Crippen LogP contribution in [0.4, 0.5) is 0 Å². The molecule has 0 saturated heterocycles. The molecule has 0 atom stereocenters. The number of benzene rings is 9. The van der Waals surface area contributed by atoms with Crippen molar-refractivity contribution in [2.75, 3.05) is 0 Å². The highest BCUT2D eigenvalue weighted by atomic mass is 14.9. The minimum Gasteiger partial charge on any atom is -0.247 e. The number of aromatic nitrogens is 3. The summed E-state index contributed by atoms with van der Waals surface area (Å²) in [6.07, 6.45) is 0. The molecule has 11 rings (SSSR count). The molecule has 56 heavy (non-hydrogen) atoms. The molecule has 11 aromatic rings. The number of hydrogen-bond donors (Lipinski definition) is 0. The molecule has 0 bridgehead atoms. The Hall–Kier alpha value is -7.49. The molecule has 0 unspecified atom stereocenters. The Morgan fingerprint density at radius 1 is 0.268 bits per heavy atom. The number of fused-ring (bicyclic) bond motifs is 7. The maximum Gasteiger partial charge on any atom is 0.160 e. The van der Waals surface area contributed by atoms with Gasteiger partial charge in [0.25, 0.3) is 0 Å². The maximum absolute atomic E-state index is 5.25. The quantitative estimate of drug-likeness (QED) is 0.167. The lowest BCUT2D eigenvalue weighted by atomic mass is 9.94. The summed E-state index contributed by atoms with van der Waals surface area (Å²) >= 11 is 0. The van der Waals surface area contributed by atoms with E-state index in [0.29, 0.717) is 5.82 Å². The fourth-order valence-electron chi connectivity index (χ4n) is 8.17. The van der Waals surface area contributed by atoms with E-state index in [2.05, 4.69) is 200 Å². The molecule has 0 spiro atoms. The van der Waals surface area contributed by atoms with Crippen LogP contribution >= 0.6 is 0 Å². The Kier molecular flexibility index (Phi) is 7.49. The summed E-state index contributed by atoms with van der Waals surface area (Å²) in [5.41, 5.74) is 10.2. The van der Waals surface area contributed by atoms with E-state index in [1.807, 2.05) is 0 Å². The van der Waals surface area contributed by atoms with Gasteiger partial charge in [0.15, 0.2) is 5.82 Å². The average molecular weight is 712 g/mol. The molecule has 2 aromatic heterocycles. The van der Waals surface area contributed by atoms with E-state index >= 15 is 0 Å². The molecule has 0 aliphatic carbocycles. The zero-order chi connectivity index (χ0) is 37.0. The number of rotatable bonds is 5. The lowest BCUT2D eigenvalue weighted by Gasteiger charge is -2.14. The summed E-state index contributed by atoms with van der Waals surface area (Å²) in [5, 5.41) is 10.8. The molecule has 0 amide bonds. The molecule has 0 aliphatic heterocycles. The van der Waals surface area contributed by atoms with Crippen LogP contribution in [0.2, 0.25) is 0 Å². The first-order valence-electron chi connectivity index (χ1n) is 19.0. The molecular formula is C53H33N3. The van der Waals surface area contributed by atoms with Gasteiger partial charge in [-0.05, 0) is 73.8 Å². The van der Waals surface area contributed by atoms with Crippen molar-refractivity contribution in [3.05, 3.63) is 200 Å².